The summed E-state index contributed by atoms with van der Waals surface area (Å²) in [5, 5.41) is 0. The number of hydrogen-bond donors (Lipinski definition) is 3. The van der Waals surface area contributed by atoms with Gasteiger partial charge in [0.1, 0.15) is 12.7 Å². The summed E-state index contributed by atoms with van der Waals surface area (Å²) in [5.41, 5.74) is 11.2. The van der Waals surface area contributed by atoms with Crippen molar-refractivity contribution in [2.24, 2.45) is 5.73 Å². The van der Waals surface area contributed by atoms with Crippen LogP contribution in [0.3, 0.4) is 0 Å². The molecule has 6 heteroatoms. The molecule has 1 rings (SSSR count). The molecule has 0 fully saturated rings. The van der Waals surface area contributed by atoms with Gasteiger partial charge in [-0.05, 0) is 0 Å². The van der Waals surface area contributed by atoms with Gasteiger partial charge in [0, 0.05) is 6.92 Å². The topological polar surface area (TPSA) is 87.2 Å². The van der Waals surface area contributed by atoms with Gasteiger partial charge in [0.2, 0.25) is 12.0 Å². The summed E-state index contributed by atoms with van der Waals surface area (Å²) < 4.78 is 1.69. The predicted octanol–water partition coefficient (Wildman–Crippen LogP) is -0.923. The Balaban J connectivity index is 2.75. The molecule has 0 radical (unpaired) electrons. The molecule has 0 atom stereocenters. The van der Waals surface area contributed by atoms with Crippen LogP contribution in [-0.2, 0) is 4.79 Å². The number of hydrazine groups is 1. The molecule has 0 aromatic heterocycles. The van der Waals surface area contributed by atoms with Crippen LogP contribution in [0.2, 0.25) is 0 Å². The van der Waals surface area contributed by atoms with E-state index in [1.165, 1.54) is 6.21 Å². The van der Waals surface area contributed by atoms with Crippen molar-refractivity contribution in [3.63, 3.8) is 0 Å². The van der Waals surface area contributed by atoms with E-state index in [1.807, 2.05) is 6.92 Å². The lowest BCUT2D eigenvalue weighted by Crippen LogP contribution is -2.42. The van der Waals surface area contributed by atoms with Gasteiger partial charge in [-0.2, -0.15) is 0 Å². The number of hydrogen-bond acceptors (Lipinski definition) is 3. The quantitative estimate of drug-likeness (QED) is 0.395. The smallest absolute Gasteiger partial charge is 0.330 e. The molecule has 0 spiro atoms. The fraction of sp³-hybridized carbons (Fsp3) is 0.375. The third-order valence-corrected chi connectivity index (χ3v) is 1.99. The first-order valence-electron chi connectivity index (χ1n) is 4.12. The van der Waals surface area contributed by atoms with E-state index in [0.717, 1.165) is 5.70 Å². The molecule has 0 aromatic carbocycles. The van der Waals surface area contributed by atoms with Crippen LogP contribution < -0.4 is 16.6 Å². The summed E-state index contributed by atoms with van der Waals surface area (Å²) in [6, 6.07) is -0.685. The lowest BCUT2D eigenvalue weighted by atomic mass is 10.1. The lowest BCUT2D eigenvalue weighted by Gasteiger charge is -2.13. The number of primary amides is 1. The van der Waals surface area contributed by atoms with Gasteiger partial charge in [0.05, 0.1) is 6.42 Å². The SMILES string of the molecule is CC1=C(NNC(N)=O)CC(=O)C=[N+]1C. The van der Waals surface area contributed by atoms with Crippen molar-refractivity contribution in [2.75, 3.05) is 7.05 Å². The zero-order valence-electron chi connectivity index (χ0n) is 8.13. The molecular formula is C8H13N4O2+. The first kappa shape index (κ1) is 10.2. The Labute approximate surface area is 81.4 Å². The zero-order chi connectivity index (χ0) is 10.7. The van der Waals surface area contributed by atoms with Crippen molar-refractivity contribution in [3.05, 3.63) is 11.4 Å². The summed E-state index contributed by atoms with van der Waals surface area (Å²) >= 11 is 0. The molecule has 1 aliphatic rings. The maximum atomic E-state index is 11.2. The Kier molecular flexibility index (Phi) is 2.85. The number of nitrogens with two attached hydrogens (primary N) is 1. The number of Topliss-reactive ketones (excluding diaryl/α,β-unsaturated/α-hetero) is 1. The van der Waals surface area contributed by atoms with E-state index >= 15 is 0 Å². The number of urea groups is 1. The fourth-order valence-corrected chi connectivity index (χ4v) is 1.15. The summed E-state index contributed by atoms with van der Waals surface area (Å²) in [5.74, 6) is -0.0214. The molecular weight excluding hydrogens is 184 g/mol. The minimum atomic E-state index is -0.685. The highest BCUT2D eigenvalue weighted by molar-refractivity contribution is 6.26. The first-order valence-corrected chi connectivity index (χ1v) is 4.12. The minimum Gasteiger partial charge on any atom is -0.350 e. The number of amides is 2. The second kappa shape index (κ2) is 3.91. The monoisotopic (exact) mass is 197 g/mol. The molecule has 1 aliphatic heterocycles. The number of allylic oxidation sites excluding steroid dienone is 2. The van der Waals surface area contributed by atoms with E-state index in [9.17, 15) is 9.59 Å². The van der Waals surface area contributed by atoms with Crippen LogP contribution >= 0.6 is 0 Å². The largest absolute Gasteiger partial charge is 0.350 e. The minimum absolute atomic E-state index is 0.0214. The number of nitrogens with one attached hydrogen (secondary N) is 2. The van der Waals surface area contributed by atoms with Gasteiger partial charge in [-0.15, -0.1) is 0 Å². The van der Waals surface area contributed by atoms with Crippen molar-refractivity contribution < 1.29 is 14.2 Å². The van der Waals surface area contributed by atoms with Gasteiger partial charge >= 0.3 is 6.03 Å². The molecule has 0 aliphatic carbocycles. The second-order valence-electron chi connectivity index (χ2n) is 3.06. The summed E-state index contributed by atoms with van der Waals surface area (Å²) in [4.78, 5) is 21.6. The Morgan fingerprint density at radius 3 is 2.86 bits per heavy atom. The van der Waals surface area contributed by atoms with E-state index in [1.54, 1.807) is 11.6 Å². The Morgan fingerprint density at radius 2 is 2.29 bits per heavy atom. The van der Waals surface area contributed by atoms with E-state index in [-0.39, 0.29) is 12.2 Å². The van der Waals surface area contributed by atoms with Crippen molar-refractivity contribution in [1.29, 1.82) is 0 Å². The maximum absolute atomic E-state index is 11.2. The highest BCUT2D eigenvalue weighted by atomic mass is 16.2. The number of rotatable bonds is 2. The number of carbonyl (C=O) groups excluding carboxylic acids is 2. The predicted molar refractivity (Wildman–Crippen MR) is 50.4 cm³/mol. The van der Waals surface area contributed by atoms with Crippen molar-refractivity contribution in [3.8, 4) is 0 Å². The van der Waals surface area contributed by atoms with E-state index in [0.29, 0.717) is 5.70 Å². The zero-order valence-corrected chi connectivity index (χ0v) is 8.13. The highest BCUT2D eigenvalue weighted by Gasteiger charge is 2.21. The second-order valence-corrected chi connectivity index (χ2v) is 3.06. The van der Waals surface area contributed by atoms with Crippen LogP contribution in [0.15, 0.2) is 11.4 Å². The van der Waals surface area contributed by atoms with E-state index < -0.39 is 6.03 Å². The summed E-state index contributed by atoms with van der Waals surface area (Å²) in [6.45, 7) is 1.84. The molecule has 0 saturated carbocycles. The molecule has 76 valence electrons. The lowest BCUT2D eigenvalue weighted by molar-refractivity contribution is -0.440. The van der Waals surface area contributed by atoms with Gasteiger partial charge in [-0.25, -0.2) is 9.37 Å². The van der Waals surface area contributed by atoms with Gasteiger partial charge in [0.15, 0.2) is 5.70 Å². The van der Waals surface area contributed by atoms with Crippen molar-refractivity contribution in [1.82, 2.24) is 10.9 Å². The highest BCUT2D eigenvalue weighted by Crippen LogP contribution is 2.09. The Morgan fingerprint density at radius 1 is 1.64 bits per heavy atom. The molecule has 0 aromatic rings. The summed E-state index contributed by atoms with van der Waals surface area (Å²) in [6.07, 6.45) is 1.75. The van der Waals surface area contributed by atoms with Crippen LogP contribution in [0.1, 0.15) is 13.3 Å². The van der Waals surface area contributed by atoms with Crippen molar-refractivity contribution in [2.45, 2.75) is 13.3 Å². The molecule has 14 heavy (non-hydrogen) atoms. The maximum Gasteiger partial charge on any atom is 0.330 e. The third kappa shape index (κ3) is 2.32. The van der Waals surface area contributed by atoms with E-state index in [4.69, 9.17) is 5.73 Å². The van der Waals surface area contributed by atoms with Gasteiger partial charge in [-0.3, -0.25) is 15.6 Å². The normalized spacial score (nSPS) is 16.4. The van der Waals surface area contributed by atoms with Crippen LogP contribution in [0.4, 0.5) is 4.79 Å². The molecule has 0 unspecified atom stereocenters. The average molecular weight is 197 g/mol. The van der Waals surface area contributed by atoms with E-state index in [2.05, 4.69) is 10.9 Å². The Hall–Kier alpha value is -1.85. The summed E-state index contributed by atoms with van der Waals surface area (Å²) in [7, 11) is 1.76. The number of ketones is 1. The fourth-order valence-electron chi connectivity index (χ4n) is 1.15. The van der Waals surface area contributed by atoms with Crippen LogP contribution in [-0.4, -0.2) is 29.7 Å². The molecule has 6 nitrogen and oxygen atoms in total. The molecule has 0 saturated heterocycles. The Bertz CT molecular complexity index is 343. The molecule has 1 heterocycles. The molecule has 0 bridgehead atoms. The number of carbonyl (C=O) groups is 2. The van der Waals surface area contributed by atoms with Gasteiger partial charge in [0.25, 0.3) is 0 Å². The average Bonchev–Trinajstić information content (AvgIpc) is 2.08. The van der Waals surface area contributed by atoms with Gasteiger partial charge < -0.3 is 5.73 Å². The van der Waals surface area contributed by atoms with Crippen molar-refractivity contribution >= 4 is 18.0 Å². The molecule has 4 N–H and O–H groups in total. The number of nitrogens with zero attached hydrogens (tertiary/aromatic N) is 1. The van der Waals surface area contributed by atoms with Crippen LogP contribution in [0.25, 0.3) is 0 Å². The van der Waals surface area contributed by atoms with Crippen LogP contribution in [0, 0.1) is 0 Å². The third-order valence-electron chi connectivity index (χ3n) is 1.99. The van der Waals surface area contributed by atoms with Gasteiger partial charge in [-0.1, -0.05) is 0 Å². The van der Waals surface area contributed by atoms with Crippen LogP contribution in [0.5, 0.6) is 0 Å². The first-order chi connectivity index (χ1) is 6.50. The standard InChI is InChI=1S/C8H12N4O2/c1-5-7(10-11-8(9)14)3-6(13)4-12(5)2/h4H,3H2,1-2H3,(H3,9,13,14)/p+1. The molecule has 2 amide bonds.